The molecule has 3 rings (SSSR count). The number of likely N-dealkylation sites (tertiary alicyclic amines) is 1. The lowest BCUT2D eigenvalue weighted by Crippen LogP contribution is -2.48. The molecule has 1 aromatic carbocycles. The van der Waals surface area contributed by atoms with Crippen molar-refractivity contribution in [2.24, 2.45) is 0 Å². The van der Waals surface area contributed by atoms with Crippen LogP contribution >= 0.6 is 0 Å². The molecule has 8 heteroatoms. The summed E-state index contributed by atoms with van der Waals surface area (Å²) in [5.41, 5.74) is 1.56. The Morgan fingerprint density at radius 2 is 2.04 bits per heavy atom. The van der Waals surface area contributed by atoms with Crippen LogP contribution in [-0.4, -0.2) is 56.2 Å². The summed E-state index contributed by atoms with van der Waals surface area (Å²) in [5.74, 6) is -0.447. The second-order valence-electron chi connectivity index (χ2n) is 5.97. The first-order valence-corrected chi connectivity index (χ1v) is 8.46. The lowest BCUT2D eigenvalue weighted by atomic mass is 10.0. The number of hydrogen-bond donors (Lipinski definition) is 0. The minimum Gasteiger partial charge on any atom is -0.464 e. The number of carbonyl (C=O) groups excluding carboxylic acids is 2. The molecule has 1 amide bonds. The number of rotatable bonds is 5. The van der Waals surface area contributed by atoms with Crippen molar-refractivity contribution in [3.05, 3.63) is 41.7 Å². The Hall–Kier alpha value is -2.77. The van der Waals surface area contributed by atoms with Crippen LogP contribution < -0.4 is 0 Å². The molecule has 1 unspecified atom stereocenters. The second-order valence-corrected chi connectivity index (χ2v) is 5.97. The molecule has 2 aromatic rings. The maximum absolute atomic E-state index is 12.8. The topological polar surface area (TPSA) is 90.2 Å². The van der Waals surface area contributed by atoms with Crippen LogP contribution in [0.1, 0.15) is 42.1 Å². The zero-order valence-electron chi connectivity index (χ0n) is 14.2. The van der Waals surface area contributed by atoms with Crippen LogP contribution in [0, 0.1) is 0 Å². The highest BCUT2D eigenvalue weighted by Gasteiger charge is 2.33. The van der Waals surface area contributed by atoms with Gasteiger partial charge in [-0.2, -0.15) is 0 Å². The highest BCUT2D eigenvalue weighted by Crippen LogP contribution is 2.21. The van der Waals surface area contributed by atoms with Gasteiger partial charge in [-0.25, -0.2) is 9.48 Å². The van der Waals surface area contributed by atoms with E-state index in [1.165, 1.54) is 6.33 Å². The minimum atomic E-state index is -0.484. The largest absolute Gasteiger partial charge is 0.464 e. The summed E-state index contributed by atoms with van der Waals surface area (Å²) in [6.45, 7) is 3.21. The van der Waals surface area contributed by atoms with Crippen molar-refractivity contribution in [1.82, 2.24) is 25.1 Å². The second kappa shape index (κ2) is 7.87. The number of benzene rings is 1. The van der Waals surface area contributed by atoms with Gasteiger partial charge in [0.05, 0.1) is 13.2 Å². The number of tetrazole rings is 1. The molecule has 25 heavy (non-hydrogen) atoms. The summed E-state index contributed by atoms with van der Waals surface area (Å²) >= 11 is 0. The Morgan fingerprint density at radius 3 is 2.72 bits per heavy atom. The molecule has 1 aliphatic heterocycles. The Morgan fingerprint density at radius 1 is 1.24 bits per heavy atom. The molecule has 1 fully saturated rings. The Balaban J connectivity index is 1.71. The molecule has 0 saturated carbocycles. The van der Waals surface area contributed by atoms with Crippen LogP contribution in [0.5, 0.6) is 0 Å². The van der Waals surface area contributed by atoms with E-state index in [-0.39, 0.29) is 11.9 Å². The van der Waals surface area contributed by atoms with Gasteiger partial charge in [0.2, 0.25) is 0 Å². The molecule has 0 spiro atoms. The average molecular weight is 343 g/mol. The molecule has 1 aromatic heterocycles. The SMILES string of the molecule is CCOC(=O)C1CCCCN1C(=O)c1ccc(Cn2cnnn2)cc1. The fourth-order valence-electron chi connectivity index (χ4n) is 3.02. The van der Waals surface area contributed by atoms with E-state index < -0.39 is 6.04 Å². The highest BCUT2D eigenvalue weighted by atomic mass is 16.5. The fourth-order valence-corrected chi connectivity index (χ4v) is 3.02. The molecule has 1 saturated heterocycles. The summed E-state index contributed by atoms with van der Waals surface area (Å²) in [5, 5.41) is 11.0. The molecule has 2 heterocycles. The van der Waals surface area contributed by atoms with Crippen LogP contribution in [0.25, 0.3) is 0 Å². The Bertz CT molecular complexity index is 714. The van der Waals surface area contributed by atoms with E-state index in [1.807, 2.05) is 12.1 Å². The third-order valence-electron chi connectivity index (χ3n) is 4.26. The summed E-state index contributed by atoms with van der Waals surface area (Å²) in [7, 11) is 0. The van der Waals surface area contributed by atoms with E-state index in [1.54, 1.807) is 28.6 Å². The number of carbonyl (C=O) groups is 2. The maximum atomic E-state index is 12.8. The third kappa shape index (κ3) is 4.01. The number of ether oxygens (including phenoxy) is 1. The molecule has 8 nitrogen and oxygen atoms in total. The van der Waals surface area contributed by atoms with E-state index >= 15 is 0 Å². The molecule has 1 atom stereocenters. The molecular formula is C17H21N5O3. The molecule has 132 valence electrons. The van der Waals surface area contributed by atoms with Crippen molar-refractivity contribution in [3.63, 3.8) is 0 Å². The van der Waals surface area contributed by atoms with E-state index in [0.29, 0.717) is 31.7 Å². The molecule has 0 aliphatic carbocycles. The standard InChI is InChI=1S/C17H21N5O3/c1-2-25-17(24)15-5-3-4-10-22(15)16(23)14-8-6-13(7-9-14)11-21-12-18-19-20-21/h6-9,12,15H,2-5,10-11H2,1H3. The Kier molecular flexibility index (Phi) is 5.37. The smallest absolute Gasteiger partial charge is 0.328 e. The van der Waals surface area contributed by atoms with E-state index in [0.717, 1.165) is 18.4 Å². The van der Waals surface area contributed by atoms with Gasteiger partial charge in [0.1, 0.15) is 12.4 Å². The van der Waals surface area contributed by atoms with Gasteiger partial charge in [-0.15, -0.1) is 5.10 Å². The van der Waals surface area contributed by atoms with Gasteiger partial charge >= 0.3 is 5.97 Å². The number of piperidine rings is 1. The zero-order valence-corrected chi connectivity index (χ0v) is 14.2. The van der Waals surface area contributed by atoms with Gasteiger partial charge in [0.25, 0.3) is 5.91 Å². The number of nitrogens with zero attached hydrogens (tertiary/aromatic N) is 5. The van der Waals surface area contributed by atoms with Crippen LogP contribution in [0.2, 0.25) is 0 Å². The fraction of sp³-hybridized carbons (Fsp3) is 0.471. The van der Waals surface area contributed by atoms with Crippen LogP contribution in [0.3, 0.4) is 0 Å². The summed E-state index contributed by atoms with van der Waals surface area (Å²) in [6.07, 6.45) is 4.02. The van der Waals surface area contributed by atoms with Crippen molar-refractivity contribution in [3.8, 4) is 0 Å². The summed E-state index contributed by atoms with van der Waals surface area (Å²) < 4.78 is 6.73. The maximum Gasteiger partial charge on any atom is 0.328 e. The minimum absolute atomic E-state index is 0.133. The van der Waals surface area contributed by atoms with Crippen molar-refractivity contribution in [2.75, 3.05) is 13.2 Å². The van der Waals surface area contributed by atoms with Crippen molar-refractivity contribution in [2.45, 2.75) is 38.8 Å². The monoisotopic (exact) mass is 343 g/mol. The third-order valence-corrected chi connectivity index (χ3v) is 4.26. The van der Waals surface area contributed by atoms with Crippen molar-refractivity contribution < 1.29 is 14.3 Å². The van der Waals surface area contributed by atoms with Crippen LogP contribution in [0.15, 0.2) is 30.6 Å². The van der Waals surface area contributed by atoms with Gasteiger partial charge in [0.15, 0.2) is 0 Å². The first kappa shape index (κ1) is 17.1. The number of esters is 1. The molecule has 0 bridgehead atoms. The van der Waals surface area contributed by atoms with Gasteiger partial charge in [-0.1, -0.05) is 12.1 Å². The van der Waals surface area contributed by atoms with Crippen molar-refractivity contribution in [1.29, 1.82) is 0 Å². The summed E-state index contributed by atoms with van der Waals surface area (Å²) in [6, 6.07) is 6.82. The molecular weight excluding hydrogens is 322 g/mol. The van der Waals surface area contributed by atoms with Gasteiger partial charge < -0.3 is 9.64 Å². The quantitative estimate of drug-likeness (QED) is 0.760. The number of amides is 1. The Labute approximate surface area is 145 Å². The average Bonchev–Trinajstić information content (AvgIpc) is 3.15. The predicted octanol–water partition coefficient (Wildman–Crippen LogP) is 1.28. The van der Waals surface area contributed by atoms with Crippen LogP contribution in [-0.2, 0) is 16.1 Å². The molecule has 0 N–H and O–H groups in total. The first-order valence-electron chi connectivity index (χ1n) is 8.46. The molecule has 1 aliphatic rings. The number of hydrogen-bond acceptors (Lipinski definition) is 6. The zero-order chi connectivity index (χ0) is 17.6. The van der Waals surface area contributed by atoms with Gasteiger partial charge in [-0.05, 0) is 54.3 Å². The molecule has 0 radical (unpaired) electrons. The normalized spacial score (nSPS) is 17.3. The summed E-state index contributed by atoms with van der Waals surface area (Å²) in [4.78, 5) is 26.6. The van der Waals surface area contributed by atoms with Crippen molar-refractivity contribution >= 4 is 11.9 Å². The number of aromatic nitrogens is 4. The van der Waals surface area contributed by atoms with Gasteiger partial charge in [0, 0.05) is 12.1 Å². The lowest BCUT2D eigenvalue weighted by molar-refractivity contribution is -0.149. The predicted molar refractivity (Wildman–Crippen MR) is 88.7 cm³/mol. The van der Waals surface area contributed by atoms with Crippen LogP contribution in [0.4, 0.5) is 0 Å². The lowest BCUT2D eigenvalue weighted by Gasteiger charge is -2.34. The van der Waals surface area contributed by atoms with E-state index in [9.17, 15) is 9.59 Å². The van der Waals surface area contributed by atoms with E-state index in [2.05, 4.69) is 15.5 Å². The van der Waals surface area contributed by atoms with E-state index in [4.69, 9.17) is 4.74 Å². The first-order chi connectivity index (χ1) is 12.2. The van der Waals surface area contributed by atoms with Gasteiger partial charge in [-0.3, -0.25) is 4.79 Å². The highest BCUT2D eigenvalue weighted by molar-refractivity contribution is 5.97.